The van der Waals surface area contributed by atoms with E-state index >= 15 is 0 Å². The number of carboxylic acid groups (broad SMARTS) is 1. The zero-order chi connectivity index (χ0) is 15.9. The molecular formula is C15H20FNO3S. The summed E-state index contributed by atoms with van der Waals surface area (Å²) in [6, 6.07) is 6.23. The molecule has 116 valence electrons. The average Bonchev–Trinajstić information content (AvgIpc) is 2.47. The highest BCUT2D eigenvalue weighted by Crippen LogP contribution is 2.26. The van der Waals surface area contributed by atoms with Gasteiger partial charge in [-0.05, 0) is 25.0 Å². The van der Waals surface area contributed by atoms with Crippen LogP contribution >= 0.6 is 11.8 Å². The van der Waals surface area contributed by atoms with Crippen molar-refractivity contribution in [2.24, 2.45) is 5.41 Å². The molecule has 0 aliphatic heterocycles. The molecule has 0 heterocycles. The monoisotopic (exact) mass is 313 g/mol. The summed E-state index contributed by atoms with van der Waals surface area (Å²) in [7, 11) is 0. The molecule has 2 N–H and O–H groups in total. The Morgan fingerprint density at radius 2 is 1.90 bits per heavy atom. The smallest absolute Gasteiger partial charge is 0.311 e. The molecule has 1 rings (SSSR count). The Bertz CT molecular complexity index is 503. The van der Waals surface area contributed by atoms with Crippen molar-refractivity contribution in [1.29, 1.82) is 0 Å². The zero-order valence-electron chi connectivity index (χ0n) is 12.2. The Labute approximate surface area is 128 Å². The molecule has 0 spiro atoms. The van der Waals surface area contributed by atoms with Crippen molar-refractivity contribution in [2.45, 2.75) is 31.6 Å². The van der Waals surface area contributed by atoms with Crippen LogP contribution in [0, 0.1) is 11.2 Å². The molecule has 0 atom stereocenters. The lowest BCUT2D eigenvalue weighted by Crippen LogP contribution is -2.42. The van der Waals surface area contributed by atoms with E-state index in [9.17, 15) is 19.1 Å². The topological polar surface area (TPSA) is 66.4 Å². The van der Waals surface area contributed by atoms with Gasteiger partial charge in [-0.25, -0.2) is 4.39 Å². The first-order chi connectivity index (χ1) is 9.95. The zero-order valence-corrected chi connectivity index (χ0v) is 13.0. The number of hydrogen-bond acceptors (Lipinski definition) is 3. The van der Waals surface area contributed by atoms with Gasteiger partial charge in [-0.1, -0.05) is 26.0 Å². The van der Waals surface area contributed by atoms with Gasteiger partial charge in [0.25, 0.3) is 0 Å². The minimum Gasteiger partial charge on any atom is -0.481 e. The second kappa shape index (κ2) is 8.02. The van der Waals surface area contributed by atoms with Gasteiger partial charge in [0.15, 0.2) is 0 Å². The molecule has 0 unspecified atom stereocenters. The Hall–Kier alpha value is -1.56. The second-order valence-corrected chi connectivity index (χ2v) is 5.81. The number of benzene rings is 1. The maximum atomic E-state index is 13.4. The van der Waals surface area contributed by atoms with Crippen LogP contribution in [0.3, 0.4) is 0 Å². The molecule has 21 heavy (non-hydrogen) atoms. The first-order valence-corrected chi connectivity index (χ1v) is 7.81. The fourth-order valence-electron chi connectivity index (χ4n) is 1.90. The van der Waals surface area contributed by atoms with Crippen LogP contribution < -0.4 is 5.32 Å². The van der Waals surface area contributed by atoms with Crippen molar-refractivity contribution in [1.82, 2.24) is 5.32 Å². The number of thioether (sulfide) groups is 1. The van der Waals surface area contributed by atoms with Crippen LogP contribution in [0.4, 0.5) is 4.39 Å². The van der Waals surface area contributed by atoms with E-state index in [1.165, 1.54) is 6.07 Å². The van der Waals surface area contributed by atoms with Gasteiger partial charge in [-0.2, -0.15) is 0 Å². The first-order valence-electron chi connectivity index (χ1n) is 6.82. The Morgan fingerprint density at radius 3 is 2.43 bits per heavy atom. The van der Waals surface area contributed by atoms with Crippen molar-refractivity contribution in [3.63, 3.8) is 0 Å². The van der Waals surface area contributed by atoms with Crippen LogP contribution in [-0.4, -0.2) is 29.3 Å². The lowest BCUT2D eigenvalue weighted by Gasteiger charge is -2.26. The lowest BCUT2D eigenvalue weighted by atomic mass is 9.82. The molecule has 1 aromatic carbocycles. The number of carbonyl (C=O) groups is 2. The van der Waals surface area contributed by atoms with E-state index in [2.05, 4.69) is 5.32 Å². The summed E-state index contributed by atoms with van der Waals surface area (Å²) >= 11 is 1.09. The second-order valence-electron chi connectivity index (χ2n) is 4.79. The molecule has 0 saturated heterocycles. The van der Waals surface area contributed by atoms with Gasteiger partial charge in [0.05, 0.1) is 11.2 Å². The van der Waals surface area contributed by atoms with Crippen LogP contribution in [0.2, 0.25) is 0 Å². The third-order valence-corrected chi connectivity index (χ3v) is 4.68. The summed E-state index contributed by atoms with van der Waals surface area (Å²) < 4.78 is 13.4. The number of rotatable bonds is 8. The van der Waals surface area contributed by atoms with Gasteiger partial charge in [0.1, 0.15) is 5.82 Å². The van der Waals surface area contributed by atoms with Gasteiger partial charge < -0.3 is 10.4 Å². The molecule has 1 aromatic rings. The number of halogens is 1. The van der Waals surface area contributed by atoms with Crippen LogP contribution in [0.5, 0.6) is 0 Å². The van der Waals surface area contributed by atoms with E-state index in [-0.39, 0.29) is 24.0 Å². The summed E-state index contributed by atoms with van der Waals surface area (Å²) in [5.74, 6) is -1.51. The highest BCUT2D eigenvalue weighted by molar-refractivity contribution is 8.00. The summed E-state index contributed by atoms with van der Waals surface area (Å²) in [6.07, 6.45) is 0.888. The number of carbonyl (C=O) groups excluding carboxylic acids is 1. The van der Waals surface area contributed by atoms with Crippen LogP contribution in [0.1, 0.15) is 26.7 Å². The van der Waals surface area contributed by atoms with E-state index in [0.29, 0.717) is 17.7 Å². The molecular weight excluding hydrogens is 293 g/mol. The molecule has 6 heteroatoms. The fraction of sp³-hybridized carbons (Fsp3) is 0.467. The largest absolute Gasteiger partial charge is 0.481 e. The molecule has 1 amide bonds. The maximum absolute atomic E-state index is 13.4. The van der Waals surface area contributed by atoms with Gasteiger partial charge in [-0.15, -0.1) is 11.8 Å². The molecule has 4 nitrogen and oxygen atoms in total. The average molecular weight is 313 g/mol. The predicted molar refractivity (Wildman–Crippen MR) is 80.8 cm³/mol. The SMILES string of the molecule is CCC(CC)(CNC(=O)CSc1ccccc1F)C(=O)O. The third-order valence-electron chi connectivity index (χ3n) is 3.63. The maximum Gasteiger partial charge on any atom is 0.311 e. The van der Waals surface area contributed by atoms with E-state index in [1.807, 2.05) is 0 Å². The minimum atomic E-state index is -0.932. The first kappa shape index (κ1) is 17.5. The summed E-state index contributed by atoms with van der Waals surface area (Å²) in [4.78, 5) is 23.5. The highest BCUT2D eigenvalue weighted by atomic mass is 32.2. The molecule has 0 aliphatic carbocycles. The van der Waals surface area contributed by atoms with Gasteiger partial charge in [0, 0.05) is 11.4 Å². The van der Waals surface area contributed by atoms with Gasteiger partial charge >= 0.3 is 5.97 Å². The molecule has 0 bridgehead atoms. The normalized spacial score (nSPS) is 11.2. The summed E-state index contributed by atoms with van der Waals surface area (Å²) in [5, 5.41) is 11.9. The molecule has 0 radical (unpaired) electrons. The minimum absolute atomic E-state index is 0.0596. The third kappa shape index (κ3) is 4.74. The molecule has 0 saturated carbocycles. The van der Waals surface area contributed by atoms with Crippen molar-refractivity contribution >= 4 is 23.6 Å². The van der Waals surface area contributed by atoms with E-state index in [0.717, 1.165) is 11.8 Å². The Morgan fingerprint density at radius 1 is 1.29 bits per heavy atom. The molecule has 0 fully saturated rings. The van der Waals surface area contributed by atoms with Crippen LogP contribution in [-0.2, 0) is 9.59 Å². The lowest BCUT2D eigenvalue weighted by molar-refractivity contribution is -0.149. The van der Waals surface area contributed by atoms with E-state index < -0.39 is 11.4 Å². The molecule has 0 aliphatic rings. The van der Waals surface area contributed by atoms with Crippen molar-refractivity contribution in [2.75, 3.05) is 12.3 Å². The number of aliphatic carboxylic acids is 1. The van der Waals surface area contributed by atoms with Gasteiger partial charge in [0.2, 0.25) is 5.91 Å². The Balaban J connectivity index is 2.51. The quantitative estimate of drug-likeness (QED) is 0.724. The van der Waals surface area contributed by atoms with Gasteiger partial charge in [-0.3, -0.25) is 9.59 Å². The fourth-order valence-corrected chi connectivity index (χ4v) is 2.67. The highest BCUT2D eigenvalue weighted by Gasteiger charge is 2.35. The van der Waals surface area contributed by atoms with Crippen molar-refractivity contribution in [3.05, 3.63) is 30.1 Å². The van der Waals surface area contributed by atoms with Crippen molar-refractivity contribution < 1.29 is 19.1 Å². The Kier molecular flexibility index (Phi) is 6.68. The molecule has 0 aromatic heterocycles. The standard InChI is InChI=1S/C15H20FNO3S/c1-3-15(4-2,14(19)20)10-17-13(18)9-21-12-8-6-5-7-11(12)16/h5-8H,3-4,9-10H2,1-2H3,(H,17,18)(H,19,20). The predicted octanol–water partition coefficient (Wildman–Crippen LogP) is 2.93. The number of hydrogen-bond donors (Lipinski definition) is 2. The van der Waals surface area contributed by atoms with E-state index in [4.69, 9.17) is 0 Å². The number of carboxylic acids is 1. The van der Waals surface area contributed by atoms with Crippen LogP contribution in [0.15, 0.2) is 29.2 Å². The van der Waals surface area contributed by atoms with Crippen molar-refractivity contribution in [3.8, 4) is 0 Å². The summed E-state index contributed by atoms with van der Waals surface area (Å²) in [5.41, 5.74) is -0.932. The van der Waals surface area contributed by atoms with E-state index in [1.54, 1.807) is 32.0 Å². The number of nitrogens with one attached hydrogen (secondary N) is 1. The summed E-state index contributed by atoms with van der Waals surface area (Å²) in [6.45, 7) is 3.67. The van der Waals surface area contributed by atoms with Crippen LogP contribution in [0.25, 0.3) is 0 Å². The number of amides is 1.